The molecule has 0 saturated carbocycles. The van der Waals surface area contributed by atoms with Crippen LogP contribution in [0, 0.1) is 0 Å². The van der Waals surface area contributed by atoms with Crippen LogP contribution in [0.3, 0.4) is 0 Å². The molecule has 0 bridgehead atoms. The third kappa shape index (κ3) is 3.55. The molecular weight excluding hydrogens is 389 g/mol. The maximum absolute atomic E-state index is 13.0. The number of aromatic amines is 1. The van der Waals surface area contributed by atoms with Crippen molar-refractivity contribution in [3.05, 3.63) is 93.4 Å². The molecule has 1 N–H and O–H groups in total. The van der Waals surface area contributed by atoms with Crippen molar-refractivity contribution in [2.24, 2.45) is 0 Å². The summed E-state index contributed by atoms with van der Waals surface area (Å²) in [6.07, 6.45) is -4.41. The second-order valence-electron chi connectivity index (χ2n) is 6.46. The second kappa shape index (κ2) is 6.87. The maximum Gasteiger partial charge on any atom is 0.416 e. The SMILES string of the molecule is O=c1[nH]c2cc(-c3cccc(C(F)(F)F)c3)ccc2n1Cc1cccc(Cl)c1. The normalized spacial score (nSPS) is 11.9. The van der Waals surface area contributed by atoms with Crippen LogP contribution in [0.25, 0.3) is 22.2 Å². The molecule has 0 fully saturated rings. The number of H-pyrrole nitrogens is 1. The van der Waals surface area contributed by atoms with Gasteiger partial charge in [0.25, 0.3) is 0 Å². The fraction of sp³-hybridized carbons (Fsp3) is 0.0952. The summed E-state index contributed by atoms with van der Waals surface area (Å²) in [5.41, 5.74) is 2.11. The van der Waals surface area contributed by atoms with E-state index in [1.807, 2.05) is 12.1 Å². The largest absolute Gasteiger partial charge is 0.416 e. The topological polar surface area (TPSA) is 37.8 Å². The minimum Gasteiger partial charge on any atom is -0.306 e. The molecule has 0 aliphatic carbocycles. The van der Waals surface area contributed by atoms with Gasteiger partial charge in [0.05, 0.1) is 23.1 Å². The molecule has 1 heterocycles. The Balaban J connectivity index is 1.75. The molecule has 0 unspecified atom stereocenters. The predicted molar refractivity (Wildman–Crippen MR) is 104 cm³/mol. The summed E-state index contributed by atoms with van der Waals surface area (Å²) in [4.78, 5) is 15.2. The van der Waals surface area contributed by atoms with Gasteiger partial charge in [-0.15, -0.1) is 0 Å². The van der Waals surface area contributed by atoms with Crippen LogP contribution in [0.15, 0.2) is 71.5 Å². The molecular formula is C21H14ClF3N2O. The van der Waals surface area contributed by atoms with Gasteiger partial charge in [-0.2, -0.15) is 13.2 Å². The maximum atomic E-state index is 13.0. The first-order valence-corrected chi connectivity index (χ1v) is 8.84. The van der Waals surface area contributed by atoms with E-state index < -0.39 is 11.7 Å². The first-order valence-electron chi connectivity index (χ1n) is 8.46. The van der Waals surface area contributed by atoms with Gasteiger partial charge < -0.3 is 4.98 Å². The van der Waals surface area contributed by atoms with Crippen LogP contribution in [0.1, 0.15) is 11.1 Å². The Morgan fingerprint density at radius 1 is 0.929 bits per heavy atom. The summed E-state index contributed by atoms with van der Waals surface area (Å²) in [5.74, 6) is 0. The highest BCUT2D eigenvalue weighted by molar-refractivity contribution is 6.30. The van der Waals surface area contributed by atoms with Crippen LogP contribution < -0.4 is 5.69 Å². The lowest BCUT2D eigenvalue weighted by molar-refractivity contribution is -0.137. The van der Waals surface area contributed by atoms with Crippen molar-refractivity contribution in [2.75, 3.05) is 0 Å². The van der Waals surface area contributed by atoms with Crippen LogP contribution >= 0.6 is 11.6 Å². The van der Waals surface area contributed by atoms with E-state index in [2.05, 4.69) is 4.98 Å². The standard InChI is InChI=1S/C21H14ClF3N2O/c22-17-6-1-3-13(9-17)12-27-19-8-7-15(11-18(19)26-20(27)28)14-4-2-5-16(10-14)21(23,24)25/h1-11H,12H2,(H,26,28). The van der Waals surface area contributed by atoms with Crippen LogP contribution in [-0.2, 0) is 12.7 Å². The Hall–Kier alpha value is -2.99. The highest BCUT2D eigenvalue weighted by Crippen LogP contribution is 2.32. The summed E-state index contributed by atoms with van der Waals surface area (Å²) in [6, 6.07) is 17.4. The van der Waals surface area contributed by atoms with Gasteiger partial charge in [0, 0.05) is 5.02 Å². The smallest absolute Gasteiger partial charge is 0.306 e. The summed E-state index contributed by atoms with van der Waals surface area (Å²) in [6.45, 7) is 0.336. The van der Waals surface area contributed by atoms with E-state index in [9.17, 15) is 18.0 Å². The lowest BCUT2D eigenvalue weighted by Gasteiger charge is -2.09. The number of hydrogen-bond acceptors (Lipinski definition) is 1. The lowest BCUT2D eigenvalue weighted by Crippen LogP contribution is -2.17. The van der Waals surface area contributed by atoms with Crippen molar-refractivity contribution in [1.29, 1.82) is 0 Å². The van der Waals surface area contributed by atoms with E-state index >= 15 is 0 Å². The molecule has 0 saturated heterocycles. The molecule has 0 aliphatic heterocycles. The molecule has 142 valence electrons. The van der Waals surface area contributed by atoms with Crippen LogP contribution in [0.2, 0.25) is 5.02 Å². The van der Waals surface area contributed by atoms with Crippen LogP contribution in [0.4, 0.5) is 13.2 Å². The van der Waals surface area contributed by atoms with Gasteiger partial charge in [-0.25, -0.2) is 4.79 Å². The van der Waals surface area contributed by atoms with Crippen molar-refractivity contribution in [3.8, 4) is 11.1 Å². The zero-order valence-electron chi connectivity index (χ0n) is 14.4. The summed E-state index contributed by atoms with van der Waals surface area (Å²) >= 11 is 6.00. The third-order valence-electron chi connectivity index (χ3n) is 4.53. The first kappa shape index (κ1) is 18.4. The van der Waals surface area contributed by atoms with Crippen molar-refractivity contribution < 1.29 is 13.2 Å². The summed E-state index contributed by atoms with van der Waals surface area (Å²) in [5, 5.41) is 0.581. The van der Waals surface area contributed by atoms with E-state index in [-0.39, 0.29) is 5.69 Å². The number of halogens is 4. The third-order valence-corrected chi connectivity index (χ3v) is 4.76. The van der Waals surface area contributed by atoms with Gasteiger partial charge in [-0.05, 0) is 53.1 Å². The molecule has 7 heteroatoms. The first-order chi connectivity index (χ1) is 13.3. The minimum atomic E-state index is -4.41. The van der Waals surface area contributed by atoms with Crippen LogP contribution in [-0.4, -0.2) is 9.55 Å². The minimum absolute atomic E-state index is 0.295. The fourth-order valence-corrected chi connectivity index (χ4v) is 3.41. The number of alkyl halides is 3. The Morgan fingerprint density at radius 3 is 2.43 bits per heavy atom. The summed E-state index contributed by atoms with van der Waals surface area (Å²) < 4.78 is 40.5. The van der Waals surface area contributed by atoms with E-state index in [0.29, 0.717) is 33.7 Å². The molecule has 0 radical (unpaired) electrons. The van der Waals surface area contributed by atoms with E-state index in [4.69, 9.17) is 11.6 Å². The molecule has 3 nitrogen and oxygen atoms in total. The molecule has 4 aromatic rings. The molecule has 4 rings (SSSR count). The van der Waals surface area contributed by atoms with Crippen molar-refractivity contribution >= 4 is 22.6 Å². The predicted octanol–water partition coefficient (Wildman–Crippen LogP) is 5.72. The number of rotatable bonds is 3. The zero-order valence-corrected chi connectivity index (χ0v) is 15.2. The lowest BCUT2D eigenvalue weighted by atomic mass is 10.0. The van der Waals surface area contributed by atoms with E-state index in [1.165, 1.54) is 6.07 Å². The van der Waals surface area contributed by atoms with Crippen LogP contribution in [0.5, 0.6) is 0 Å². The van der Waals surface area contributed by atoms with Crippen molar-refractivity contribution in [3.63, 3.8) is 0 Å². The van der Waals surface area contributed by atoms with Gasteiger partial charge in [0.2, 0.25) is 0 Å². The van der Waals surface area contributed by atoms with Gasteiger partial charge in [0.15, 0.2) is 0 Å². The average Bonchev–Trinajstić information content (AvgIpc) is 2.96. The summed E-state index contributed by atoms with van der Waals surface area (Å²) in [7, 11) is 0. The number of hydrogen-bond donors (Lipinski definition) is 1. The molecule has 3 aromatic carbocycles. The highest BCUT2D eigenvalue weighted by Gasteiger charge is 2.30. The Kier molecular flexibility index (Phi) is 4.51. The van der Waals surface area contributed by atoms with E-state index in [1.54, 1.807) is 41.0 Å². The number of imidazole rings is 1. The Morgan fingerprint density at radius 2 is 1.68 bits per heavy atom. The quantitative estimate of drug-likeness (QED) is 0.467. The molecule has 0 aliphatic rings. The molecule has 0 amide bonds. The number of nitrogens with zero attached hydrogens (tertiary/aromatic N) is 1. The van der Waals surface area contributed by atoms with Crippen molar-refractivity contribution in [2.45, 2.75) is 12.7 Å². The number of fused-ring (bicyclic) bond motifs is 1. The van der Waals surface area contributed by atoms with Gasteiger partial charge in [-0.1, -0.05) is 41.9 Å². The zero-order chi connectivity index (χ0) is 19.9. The average molecular weight is 403 g/mol. The molecule has 0 spiro atoms. The van der Waals surface area contributed by atoms with Gasteiger partial charge >= 0.3 is 11.9 Å². The monoisotopic (exact) mass is 402 g/mol. The van der Waals surface area contributed by atoms with Gasteiger partial charge in [0.1, 0.15) is 0 Å². The number of aromatic nitrogens is 2. The van der Waals surface area contributed by atoms with E-state index in [0.717, 1.165) is 17.7 Å². The number of benzene rings is 3. The second-order valence-corrected chi connectivity index (χ2v) is 6.89. The Labute approximate surface area is 163 Å². The highest BCUT2D eigenvalue weighted by atomic mass is 35.5. The molecule has 0 atom stereocenters. The van der Waals surface area contributed by atoms with Gasteiger partial charge in [-0.3, -0.25) is 4.57 Å². The molecule has 28 heavy (non-hydrogen) atoms. The Bertz CT molecular complexity index is 1220. The number of nitrogens with one attached hydrogen (secondary N) is 1. The molecule has 1 aromatic heterocycles. The van der Waals surface area contributed by atoms with Crippen molar-refractivity contribution in [1.82, 2.24) is 9.55 Å². The fourth-order valence-electron chi connectivity index (χ4n) is 3.19.